The van der Waals surface area contributed by atoms with E-state index in [1.807, 2.05) is 0 Å². The second-order valence-electron chi connectivity index (χ2n) is 5.23. The molecule has 23 heavy (non-hydrogen) atoms. The molecule has 1 aliphatic heterocycles. The molecule has 7 heteroatoms. The third-order valence-corrected chi connectivity index (χ3v) is 3.84. The van der Waals surface area contributed by atoms with Crippen LogP contribution in [-0.4, -0.2) is 60.7 Å². The zero-order valence-electron chi connectivity index (χ0n) is 13.3. The first-order chi connectivity index (χ1) is 11.0. The van der Waals surface area contributed by atoms with Gasteiger partial charge in [-0.05, 0) is 38.1 Å². The average molecular weight is 341 g/mol. The number of rotatable bonds is 4. The van der Waals surface area contributed by atoms with Gasteiger partial charge in [0.25, 0.3) is 5.91 Å². The van der Waals surface area contributed by atoms with Gasteiger partial charge in [-0.2, -0.15) is 0 Å². The van der Waals surface area contributed by atoms with Gasteiger partial charge in [0.2, 0.25) is 0 Å². The third-order valence-electron chi connectivity index (χ3n) is 3.59. The number of ether oxygens (including phenoxy) is 2. The highest BCUT2D eigenvalue weighted by molar-refractivity contribution is 6.30. The standard InChI is InChI=1S/C16H21ClN2O4/c1-3-22-16(21)19-10-8-18(9-11-19)15(20)12(2)23-14-6-4-13(17)5-7-14/h4-7,12H,3,8-11H2,1-2H3/t12-/m1/s1. The van der Waals surface area contributed by atoms with Crippen molar-refractivity contribution < 1.29 is 19.1 Å². The van der Waals surface area contributed by atoms with E-state index in [2.05, 4.69) is 0 Å². The van der Waals surface area contributed by atoms with Crippen LogP contribution in [0.4, 0.5) is 4.79 Å². The molecule has 0 N–H and O–H groups in total. The maximum atomic E-state index is 12.4. The minimum Gasteiger partial charge on any atom is -0.481 e. The van der Waals surface area contributed by atoms with Crippen LogP contribution in [0.2, 0.25) is 5.02 Å². The Morgan fingerprint density at radius 1 is 1.13 bits per heavy atom. The molecule has 6 nitrogen and oxygen atoms in total. The summed E-state index contributed by atoms with van der Waals surface area (Å²) >= 11 is 5.82. The molecule has 0 spiro atoms. The number of amides is 2. The van der Waals surface area contributed by atoms with Gasteiger partial charge >= 0.3 is 6.09 Å². The molecular weight excluding hydrogens is 320 g/mol. The Hall–Kier alpha value is -1.95. The highest BCUT2D eigenvalue weighted by Gasteiger charge is 2.28. The van der Waals surface area contributed by atoms with E-state index in [1.165, 1.54) is 0 Å². The molecule has 1 fully saturated rings. The molecule has 2 amide bonds. The first kappa shape index (κ1) is 17.4. The number of halogens is 1. The van der Waals surface area contributed by atoms with Gasteiger partial charge in [-0.1, -0.05) is 11.6 Å². The minimum absolute atomic E-state index is 0.0940. The molecule has 0 aliphatic carbocycles. The SMILES string of the molecule is CCOC(=O)N1CCN(C(=O)[C@@H](C)Oc2ccc(Cl)cc2)CC1. The largest absolute Gasteiger partial charge is 0.481 e. The third kappa shape index (κ3) is 4.76. The van der Waals surface area contributed by atoms with Gasteiger partial charge in [0.05, 0.1) is 6.61 Å². The lowest BCUT2D eigenvalue weighted by Crippen LogP contribution is -2.53. The molecule has 1 heterocycles. The molecule has 1 saturated heterocycles. The molecule has 1 aromatic rings. The van der Waals surface area contributed by atoms with Gasteiger partial charge in [-0.3, -0.25) is 4.79 Å². The van der Waals surface area contributed by atoms with Gasteiger partial charge in [0.15, 0.2) is 6.10 Å². The highest BCUT2D eigenvalue weighted by Crippen LogP contribution is 2.17. The average Bonchev–Trinajstić information content (AvgIpc) is 2.56. The summed E-state index contributed by atoms with van der Waals surface area (Å²) in [6.45, 7) is 5.74. The van der Waals surface area contributed by atoms with Crippen LogP contribution in [0.5, 0.6) is 5.75 Å². The van der Waals surface area contributed by atoms with Gasteiger partial charge in [0.1, 0.15) is 5.75 Å². The fraction of sp³-hybridized carbons (Fsp3) is 0.500. The van der Waals surface area contributed by atoms with Crippen molar-refractivity contribution in [2.75, 3.05) is 32.8 Å². The summed E-state index contributed by atoms with van der Waals surface area (Å²) in [4.78, 5) is 27.4. The lowest BCUT2D eigenvalue weighted by molar-refractivity contribution is -0.139. The second-order valence-corrected chi connectivity index (χ2v) is 5.66. The van der Waals surface area contributed by atoms with Crippen molar-refractivity contribution in [1.82, 2.24) is 9.80 Å². The van der Waals surface area contributed by atoms with Crippen molar-refractivity contribution in [3.05, 3.63) is 29.3 Å². The first-order valence-electron chi connectivity index (χ1n) is 7.64. The molecule has 0 unspecified atom stereocenters. The summed E-state index contributed by atoms with van der Waals surface area (Å²) < 4.78 is 10.6. The molecule has 126 valence electrons. The molecule has 1 aliphatic rings. The van der Waals surface area contributed by atoms with Crippen LogP contribution < -0.4 is 4.74 Å². The van der Waals surface area contributed by atoms with Crippen LogP contribution in [0, 0.1) is 0 Å². The molecule has 2 rings (SSSR count). The summed E-state index contributed by atoms with van der Waals surface area (Å²) in [6, 6.07) is 6.88. The van der Waals surface area contributed by atoms with Gasteiger partial charge < -0.3 is 19.3 Å². The van der Waals surface area contributed by atoms with E-state index in [4.69, 9.17) is 21.1 Å². The smallest absolute Gasteiger partial charge is 0.409 e. The van der Waals surface area contributed by atoms with E-state index in [9.17, 15) is 9.59 Å². The summed E-state index contributed by atoms with van der Waals surface area (Å²) in [6.07, 6.45) is -0.921. The fourth-order valence-corrected chi connectivity index (χ4v) is 2.47. The molecule has 1 aromatic carbocycles. The molecule has 0 radical (unpaired) electrons. The summed E-state index contributed by atoms with van der Waals surface area (Å²) in [5.74, 6) is 0.504. The maximum absolute atomic E-state index is 12.4. The van der Waals surface area contributed by atoms with Crippen LogP contribution in [0.15, 0.2) is 24.3 Å². The Bertz CT molecular complexity index is 542. The number of benzene rings is 1. The van der Waals surface area contributed by atoms with Crippen LogP contribution in [0.25, 0.3) is 0 Å². The number of hydrogen-bond donors (Lipinski definition) is 0. The topological polar surface area (TPSA) is 59.1 Å². The van der Waals surface area contributed by atoms with Crippen molar-refractivity contribution in [2.24, 2.45) is 0 Å². The molecule has 0 aromatic heterocycles. The van der Waals surface area contributed by atoms with Crippen LogP contribution in [-0.2, 0) is 9.53 Å². The van der Waals surface area contributed by atoms with E-state index in [-0.39, 0.29) is 12.0 Å². The number of carbonyl (C=O) groups excluding carboxylic acids is 2. The molecule has 0 bridgehead atoms. The summed E-state index contributed by atoms with van der Waals surface area (Å²) in [5.41, 5.74) is 0. The lowest BCUT2D eigenvalue weighted by atomic mass is 10.2. The molecule has 0 saturated carbocycles. The Morgan fingerprint density at radius 3 is 2.26 bits per heavy atom. The quantitative estimate of drug-likeness (QED) is 0.844. The summed E-state index contributed by atoms with van der Waals surface area (Å²) in [5, 5.41) is 0.617. The zero-order chi connectivity index (χ0) is 16.8. The fourth-order valence-electron chi connectivity index (χ4n) is 2.35. The normalized spacial score (nSPS) is 16.0. The Balaban J connectivity index is 1.84. The Labute approximate surface area is 140 Å². The number of hydrogen-bond acceptors (Lipinski definition) is 4. The first-order valence-corrected chi connectivity index (χ1v) is 8.01. The van der Waals surface area contributed by atoms with E-state index in [1.54, 1.807) is 47.9 Å². The van der Waals surface area contributed by atoms with Crippen molar-refractivity contribution in [3.8, 4) is 5.75 Å². The number of nitrogens with zero attached hydrogens (tertiary/aromatic N) is 2. The lowest BCUT2D eigenvalue weighted by Gasteiger charge is -2.35. The van der Waals surface area contributed by atoms with Gasteiger partial charge in [0, 0.05) is 31.2 Å². The monoisotopic (exact) mass is 340 g/mol. The van der Waals surface area contributed by atoms with E-state index in [0.717, 1.165) is 0 Å². The van der Waals surface area contributed by atoms with Crippen LogP contribution >= 0.6 is 11.6 Å². The maximum Gasteiger partial charge on any atom is 0.409 e. The predicted molar refractivity (Wildman–Crippen MR) is 86.7 cm³/mol. The number of carbonyl (C=O) groups is 2. The van der Waals surface area contributed by atoms with Crippen molar-refractivity contribution in [3.63, 3.8) is 0 Å². The number of piperazine rings is 1. The van der Waals surface area contributed by atoms with Gasteiger partial charge in [-0.25, -0.2) is 4.79 Å². The van der Waals surface area contributed by atoms with Gasteiger partial charge in [-0.15, -0.1) is 0 Å². The minimum atomic E-state index is -0.592. The van der Waals surface area contributed by atoms with Crippen LogP contribution in [0.1, 0.15) is 13.8 Å². The van der Waals surface area contributed by atoms with Crippen LogP contribution in [0.3, 0.4) is 0 Å². The van der Waals surface area contributed by atoms with E-state index < -0.39 is 6.10 Å². The van der Waals surface area contributed by atoms with Crippen molar-refractivity contribution in [2.45, 2.75) is 20.0 Å². The predicted octanol–water partition coefficient (Wildman–Crippen LogP) is 2.41. The van der Waals surface area contributed by atoms with E-state index in [0.29, 0.717) is 43.6 Å². The highest BCUT2D eigenvalue weighted by atomic mass is 35.5. The Morgan fingerprint density at radius 2 is 1.70 bits per heavy atom. The van der Waals surface area contributed by atoms with Crippen molar-refractivity contribution in [1.29, 1.82) is 0 Å². The Kier molecular flexibility index (Phi) is 6.10. The van der Waals surface area contributed by atoms with Crippen molar-refractivity contribution >= 4 is 23.6 Å². The summed E-state index contributed by atoms with van der Waals surface area (Å²) in [7, 11) is 0. The van der Waals surface area contributed by atoms with E-state index >= 15 is 0 Å². The zero-order valence-corrected chi connectivity index (χ0v) is 14.1. The molecular formula is C16H21ClN2O4. The molecule has 1 atom stereocenters. The second kappa shape index (κ2) is 8.06.